The van der Waals surface area contributed by atoms with Crippen LogP contribution in [0.15, 0.2) is 24.3 Å². The van der Waals surface area contributed by atoms with Crippen LogP contribution in [0.3, 0.4) is 0 Å². The number of nitrogens with one attached hydrogen (secondary N) is 1. The average Bonchev–Trinajstić information content (AvgIpc) is 2.44. The molecule has 1 aromatic rings. The number of carboxylic acid groups (broad SMARTS) is 1. The molecule has 0 bridgehead atoms. The van der Waals surface area contributed by atoms with Gasteiger partial charge >= 0.3 is 12.1 Å². The number of nitrogens with zero attached hydrogens (tertiary/aromatic N) is 1. The van der Waals surface area contributed by atoms with E-state index in [1.54, 1.807) is 0 Å². The number of alkyl carbamates (subject to hydrolysis) is 1. The second-order valence-corrected chi connectivity index (χ2v) is 6.30. The molecule has 0 aliphatic carbocycles. The van der Waals surface area contributed by atoms with Crippen LogP contribution in [0.5, 0.6) is 0 Å². The van der Waals surface area contributed by atoms with Crippen molar-refractivity contribution in [1.29, 1.82) is 0 Å². The summed E-state index contributed by atoms with van der Waals surface area (Å²) >= 11 is 0. The van der Waals surface area contributed by atoms with Gasteiger partial charge in [0.2, 0.25) is 0 Å². The van der Waals surface area contributed by atoms with Gasteiger partial charge in [0.25, 0.3) is 0 Å². The van der Waals surface area contributed by atoms with Gasteiger partial charge in [0.15, 0.2) is 0 Å². The van der Waals surface area contributed by atoms with Crippen molar-refractivity contribution in [2.45, 2.75) is 39.5 Å². The van der Waals surface area contributed by atoms with E-state index in [9.17, 15) is 9.59 Å². The smallest absolute Gasteiger partial charge is 0.408 e. The molecular formula is C17H26N2O4. The fraction of sp³-hybridized carbons (Fsp3) is 0.529. The number of ether oxygens (including phenoxy) is 1. The molecule has 1 aromatic carbocycles. The van der Waals surface area contributed by atoms with Crippen molar-refractivity contribution in [2.75, 3.05) is 14.1 Å². The normalized spacial score (nSPS) is 12.3. The molecule has 23 heavy (non-hydrogen) atoms. The molecule has 0 saturated heterocycles. The fourth-order valence-electron chi connectivity index (χ4n) is 2.13. The van der Waals surface area contributed by atoms with Crippen LogP contribution in [-0.4, -0.2) is 42.2 Å². The third-order valence-electron chi connectivity index (χ3n) is 3.19. The zero-order valence-corrected chi connectivity index (χ0v) is 14.2. The summed E-state index contributed by atoms with van der Waals surface area (Å²) in [5.74, 6) is -0.885. The lowest BCUT2D eigenvalue weighted by Crippen LogP contribution is -2.41. The number of carbonyl (C=O) groups is 2. The Balaban J connectivity index is 2.47. The van der Waals surface area contributed by atoms with Crippen LogP contribution in [0, 0.1) is 5.92 Å². The molecule has 6 heteroatoms. The number of benzene rings is 1. The quantitative estimate of drug-likeness (QED) is 0.768. The van der Waals surface area contributed by atoms with Crippen molar-refractivity contribution in [3.63, 3.8) is 0 Å². The number of aliphatic carboxylic acids is 1. The highest BCUT2D eigenvalue weighted by Gasteiger charge is 2.21. The van der Waals surface area contributed by atoms with Crippen LogP contribution in [0.2, 0.25) is 0 Å². The maximum Gasteiger partial charge on any atom is 0.408 e. The molecule has 0 aromatic heterocycles. The third kappa shape index (κ3) is 7.65. The van der Waals surface area contributed by atoms with Gasteiger partial charge in [-0.05, 0) is 37.6 Å². The van der Waals surface area contributed by atoms with Crippen LogP contribution in [0.4, 0.5) is 4.79 Å². The number of carbonyl (C=O) groups excluding carboxylic acids is 1. The Hall–Kier alpha value is -2.08. The van der Waals surface area contributed by atoms with Crippen molar-refractivity contribution in [2.24, 2.45) is 5.92 Å². The van der Waals surface area contributed by atoms with Gasteiger partial charge < -0.3 is 20.1 Å². The first-order valence-corrected chi connectivity index (χ1v) is 7.66. The van der Waals surface area contributed by atoms with Gasteiger partial charge in [-0.3, -0.25) is 0 Å². The first kappa shape index (κ1) is 19.0. The van der Waals surface area contributed by atoms with E-state index in [-0.39, 0.29) is 12.5 Å². The van der Waals surface area contributed by atoms with E-state index in [1.165, 1.54) is 5.56 Å². The summed E-state index contributed by atoms with van der Waals surface area (Å²) in [4.78, 5) is 24.9. The van der Waals surface area contributed by atoms with Gasteiger partial charge in [-0.25, -0.2) is 9.59 Å². The summed E-state index contributed by atoms with van der Waals surface area (Å²) in [6.45, 7) is 4.76. The molecule has 0 aliphatic heterocycles. The first-order valence-electron chi connectivity index (χ1n) is 7.66. The number of rotatable bonds is 8. The predicted molar refractivity (Wildman–Crippen MR) is 88.0 cm³/mol. The minimum atomic E-state index is -1.05. The van der Waals surface area contributed by atoms with E-state index in [0.717, 1.165) is 12.1 Å². The Morgan fingerprint density at radius 1 is 1.17 bits per heavy atom. The molecule has 1 amide bonds. The molecule has 0 unspecified atom stereocenters. The summed E-state index contributed by atoms with van der Waals surface area (Å²) in [5, 5.41) is 11.5. The number of hydrogen-bond acceptors (Lipinski definition) is 4. The zero-order chi connectivity index (χ0) is 17.4. The molecule has 0 heterocycles. The lowest BCUT2D eigenvalue weighted by atomic mass is 10.0. The first-order chi connectivity index (χ1) is 10.8. The van der Waals surface area contributed by atoms with E-state index >= 15 is 0 Å². The summed E-state index contributed by atoms with van der Waals surface area (Å²) in [6, 6.07) is 6.83. The van der Waals surface area contributed by atoms with Gasteiger partial charge in [-0.15, -0.1) is 0 Å². The van der Waals surface area contributed by atoms with Crippen molar-refractivity contribution in [3.8, 4) is 0 Å². The van der Waals surface area contributed by atoms with Gasteiger partial charge in [0.05, 0.1) is 0 Å². The third-order valence-corrected chi connectivity index (χ3v) is 3.19. The Kier molecular flexibility index (Phi) is 7.54. The van der Waals surface area contributed by atoms with Crippen LogP contribution in [0.25, 0.3) is 0 Å². The van der Waals surface area contributed by atoms with Gasteiger partial charge in [0, 0.05) is 6.54 Å². The number of carboxylic acids is 1. The summed E-state index contributed by atoms with van der Waals surface area (Å²) < 4.78 is 5.09. The second-order valence-electron chi connectivity index (χ2n) is 6.30. The Labute approximate surface area is 137 Å². The Morgan fingerprint density at radius 2 is 1.74 bits per heavy atom. The molecule has 0 fully saturated rings. The van der Waals surface area contributed by atoms with Gasteiger partial charge in [-0.1, -0.05) is 38.1 Å². The van der Waals surface area contributed by atoms with E-state index in [0.29, 0.717) is 6.42 Å². The summed E-state index contributed by atoms with van der Waals surface area (Å²) in [6.07, 6.45) is -0.348. The molecule has 1 atom stereocenters. The molecule has 128 valence electrons. The minimum absolute atomic E-state index is 0.113. The zero-order valence-electron chi connectivity index (χ0n) is 14.2. The molecule has 1 rings (SSSR count). The predicted octanol–water partition coefficient (Wildman–Crippen LogP) is 2.47. The molecule has 0 spiro atoms. The summed E-state index contributed by atoms with van der Waals surface area (Å²) in [5.41, 5.74) is 2.03. The lowest BCUT2D eigenvalue weighted by molar-refractivity contribution is -0.139. The van der Waals surface area contributed by atoms with Crippen molar-refractivity contribution in [3.05, 3.63) is 35.4 Å². The lowest BCUT2D eigenvalue weighted by Gasteiger charge is -2.16. The molecule has 6 nitrogen and oxygen atoms in total. The van der Waals surface area contributed by atoms with E-state index in [1.807, 2.05) is 52.2 Å². The molecule has 2 N–H and O–H groups in total. The fourth-order valence-corrected chi connectivity index (χ4v) is 2.13. The van der Waals surface area contributed by atoms with Crippen molar-refractivity contribution >= 4 is 12.1 Å². The topological polar surface area (TPSA) is 78.9 Å². The van der Waals surface area contributed by atoms with E-state index in [2.05, 4.69) is 10.2 Å². The van der Waals surface area contributed by atoms with Crippen molar-refractivity contribution < 1.29 is 19.4 Å². The highest BCUT2D eigenvalue weighted by atomic mass is 16.5. The van der Waals surface area contributed by atoms with Gasteiger partial charge in [-0.2, -0.15) is 0 Å². The highest BCUT2D eigenvalue weighted by Crippen LogP contribution is 2.08. The number of amides is 1. The molecule has 0 saturated carbocycles. The van der Waals surface area contributed by atoms with Crippen molar-refractivity contribution in [1.82, 2.24) is 10.2 Å². The average molecular weight is 322 g/mol. The van der Waals surface area contributed by atoms with E-state index in [4.69, 9.17) is 9.84 Å². The Morgan fingerprint density at radius 3 is 2.22 bits per heavy atom. The van der Waals surface area contributed by atoms with Gasteiger partial charge in [0.1, 0.15) is 12.6 Å². The highest BCUT2D eigenvalue weighted by molar-refractivity contribution is 5.79. The largest absolute Gasteiger partial charge is 0.480 e. The van der Waals surface area contributed by atoms with Crippen LogP contribution >= 0.6 is 0 Å². The molecular weight excluding hydrogens is 296 g/mol. The summed E-state index contributed by atoms with van der Waals surface area (Å²) in [7, 11) is 3.99. The number of hydrogen-bond donors (Lipinski definition) is 2. The van der Waals surface area contributed by atoms with Crippen LogP contribution in [0.1, 0.15) is 31.4 Å². The minimum Gasteiger partial charge on any atom is -0.480 e. The second kappa shape index (κ2) is 9.15. The monoisotopic (exact) mass is 322 g/mol. The SMILES string of the molecule is CC(C)C[C@H](NC(=O)OCc1ccc(CN(C)C)cc1)C(=O)O. The molecule has 0 radical (unpaired) electrons. The maximum atomic E-state index is 11.7. The Bertz CT molecular complexity index is 512. The van der Waals surface area contributed by atoms with E-state index < -0.39 is 18.1 Å². The van der Waals surface area contributed by atoms with Crippen LogP contribution in [-0.2, 0) is 22.7 Å². The molecule has 0 aliphatic rings. The van der Waals surface area contributed by atoms with Crippen LogP contribution < -0.4 is 5.32 Å². The standard InChI is InChI=1S/C17H26N2O4/c1-12(2)9-15(16(20)21)18-17(22)23-11-14-7-5-13(6-8-14)10-19(3)4/h5-8,12,15H,9-11H2,1-4H3,(H,18,22)(H,20,21)/t15-/m0/s1. The maximum absolute atomic E-state index is 11.7.